The summed E-state index contributed by atoms with van der Waals surface area (Å²) in [6.07, 6.45) is 0.970. The molecule has 0 N–H and O–H groups in total. The quantitative estimate of drug-likeness (QED) is 0.288. The second kappa shape index (κ2) is 9.19. The Labute approximate surface area is 166 Å². The van der Waals surface area contributed by atoms with Gasteiger partial charge >= 0.3 is 5.97 Å². The van der Waals surface area contributed by atoms with Gasteiger partial charge in [0.05, 0.1) is 5.92 Å². The van der Waals surface area contributed by atoms with Crippen molar-refractivity contribution < 1.29 is 9.53 Å². The van der Waals surface area contributed by atoms with Crippen LogP contribution in [-0.4, -0.2) is 14.7 Å². The number of halogens is 4. The highest BCUT2D eigenvalue weighted by molar-refractivity contribution is 9.39. The molecule has 0 spiro atoms. The highest BCUT2D eigenvalue weighted by Gasteiger charge is 2.30. The number of hydrogen-bond donors (Lipinski definition) is 0. The third kappa shape index (κ3) is 7.45. The minimum absolute atomic E-state index is 0.196. The van der Waals surface area contributed by atoms with Crippen molar-refractivity contribution in [2.24, 2.45) is 11.8 Å². The summed E-state index contributed by atoms with van der Waals surface area (Å²) < 4.78 is 5.89. The number of carbonyl (C=O) groups is 1. The van der Waals surface area contributed by atoms with Crippen LogP contribution in [0.5, 0.6) is 0 Å². The van der Waals surface area contributed by atoms with E-state index in [1.54, 1.807) is 0 Å². The van der Waals surface area contributed by atoms with E-state index in [-0.39, 0.29) is 24.4 Å². The predicted molar refractivity (Wildman–Crippen MR) is 106 cm³/mol. The number of alkyl halides is 3. The molecule has 0 fully saturated rings. The molecule has 1 aromatic rings. The summed E-state index contributed by atoms with van der Waals surface area (Å²) in [5, 5.41) is 0. The first-order valence-corrected chi connectivity index (χ1v) is 10.3. The number of esters is 1. The number of rotatable bonds is 6. The summed E-state index contributed by atoms with van der Waals surface area (Å²) in [5.41, 5.74) is 0.991. The molecule has 0 aliphatic heterocycles. The molecule has 0 saturated carbocycles. The third-order valence-electron chi connectivity index (χ3n) is 3.27. The molecule has 124 valence electrons. The zero-order chi connectivity index (χ0) is 16.9. The maximum absolute atomic E-state index is 12.6. The monoisotopic (exact) mass is 560 g/mol. The molecule has 1 rings (SSSR count). The first kappa shape index (κ1) is 20.7. The Morgan fingerprint density at radius 3 is 2.14 bits per heavy atom. The van der Waals surface area contributed by atoms with Gasteiger partial charge in [-0.15, -0.1) is 0 Å². The molecule has 1 aromatic carbocycles. The standard InChI is InChI=1S/C16H20Br4O2/c1-10(2)8-11(3)14(12-4-6-13(17)7-5-12)15(21)22-9-16(18,19)20/h4-7,10-11,14H,8-9H2,1-3H3/t11-,14+/m1/s1. The van der Waals surface area contributed by atoms with Gasteiger partial charge in [0, 0.05) is 4.47 Å². The molecule has 0 bridgehead atoms. The van der Waals surface area contributed by atoms with Crippen LogP contribution in [0.15, 0.2) is 28.7 Å². The first-order chi connectivity index (χ1) is 10.1. The van der Waals surface area contributed by atoms with E-state index in [0.717, 1.165) is 16.5 Å². The summed E-state index contributed by atoms with van der Waals surface area (Å²) >= 11 is 13.5. The van der Waals surface area contributed by atoms with E-state index in [4.69, 9.17) is 4.74 Å². The van der Waals surface area contributed by atoms with Gasteiger partial charge in [-0.1, -0.05) is 96.6 Å². The van der Waals surface area contributed by atoms with Crippen LogP contribution in [-0.2, 0) is 9.53 Å². The Morgan fingerprint density at radius 2 is 1.68 bits per heavy atom. The number of carbonyl (C=O) groups excluding carboxylic acids is 1. The van der Waals surface area contributed by atoms with Crippen LogP contribution < -0.4 is 0 Å². The molecule has 6 heteroatoms. The van der Waals surface area contributed by atoms with Gasteiger partial charge in [0.1, 0.15) is 6.61 Å². The van der Waals surface area contributed by atoms with Crippen molar-refractivity contribution in [3.8, 4) is 0 Å². The molecule has 0 aliphatic rings. The topological polar surface area (TPSA) is 26.3 Å². The fraction of sp³-hybridized carbons (Fsp3) is 0.562. The van der Waals surface area contributed by atoms with Crippen molar-refractivity contribution in [1.29, 1.82) is 0 Å². The largest absolute Gasteiger partial charge is 0.462 e. The second-order valence-electron chi connectivity index (χ2n) is 5.86. The van der Waals surface area contributed by atoms with Gasteiger partial charge in [-0.25, -0.2) is 0 Å². The van der Waals surface area contributed by atoms with Crippen LogP contribution in [0.25, 0.3) is 0 Å². The molecule has 0 saturated heterocycles. The number of benzene rings is 1. The normalized spacial score (nSPS) is 14.7. The van der Waals surface area contributed by atoms with Crippen molar-refractivity contribution in [3.05, 3.63) is 34.3 Å². The molecular weight excluding hydrogens is 544 g/mol. The van der Waals surface area contributed by atoms with Crippen LogP contribution >= 0.6 is 63.7 Å². The zero-order valence-corrected chi connectivity index (χ0v) is 19.1. The summed E-state index contributed by atoms with van der Waals surface area (Å²) in [5.74, 6) is 0.288. The Hall–Kier alpha value is 0.610. The van der Waals surface area contributed by atoms with E-state index in [1.165, 1.54) is 0 Å². The van der Waals surface area contributed by atoms with Gasteiger partial charge in [-0.3, -0.25) is 4.79 Å². The molecule has 0 unspecified atom stereocenters. The van der Waals surface area contributed by atoms with Gasteiger partial charge in [0.25, 0.3) is 0 Å². The maximum atomic E-state index is 12.6. The van der Waals surface area contributed by atoms with Crippen molar-refractivity contribution in [1.82, 2.24) is 0 Å². The predicted octanol–water partition coefficient (Wildman–Crippen LogP) is 6.60. The molecule has 22 heavy (non-hydrogen) atoms. The average molecular weight is 564 g/mol. The Balaban J connectivity index is 2.95. The highest BCUT2D eigenvalue weighted by atomic mass is 80.0. The lowest BCUT2D eigenvalue weighted by atomic mass is 9.82. The minimum atomic E-state index is -0.575. The molecule has 0 radical (unpaired) electrons. The van der Waals surface area contributed by atoms with Crippen molar-refractivity contribution in [3.63, 3.8) is 0 Å². The lowest BCUT2D eigenvalue weighted by Gasteiger charge is -2.25. The molecule has 0 heterocycles. The summed E-state index contributed by atoms with van der Waals surface area (Å²) in [6.45, 7) is 6.65. The zero-order valence-electron chi connectivity index (χ0n) is 12.8. The molecule has 2 nitrogen and oxygen atoms in total. The van der Waals surface area contributed by atoms with Crippen LogP contribution in [0, 0.1) is 11.8 Å². The SMILES string of the molecule is CC(C)C[C@@H](C)[C@H](C(=O)OCC(Br)(Br)Br)c1ccc(Br)cc1. The summed E-state index contributed by atoms with van der Waals surface area (Å²) in [4.78, 5) is 12.6. The fourth-order valence-corrected chi connectivity index (χ4v) is 3.10. The van der Waals surface area contributed by atoms with Crippen molar-refractivity contribution >= 4 is 69.7 Å². The maximum Gasteiger partial charge on any atom is 0.313 e. The second-order valence-corrected chi connectivity index (χ2v) is 14.0. The molecule has 2 atom stereocenters. The Kier molecular flexibility index (Phi) is 8.62. The van der Waals surface area contributed by atoms with Crippen molar-refractivity contribution in [2.75, 3.05) is 6.61 Å². The van der Waals surface area contributed by atoms with Gasteiger partial charge in [0.15, 0.2) is 2.14 Å². The van der Waals surface area contributed by atoms with E-state index in [9.17, 15) is 4.79 Å². The van der Waals surface area contributed by atoms with Gasteiger partial charge in [-0.2, -0.15) is 0 Å². The summed E-state index contributed by atoms with van der Waals surface area (Å²) in [6, 6.07) is 7.88. The summed E-state index contributed by atoms with van der Waals surface area (Å²) in [7, 11) is 0. The smallest absolute Gasteiger partial charge is 0.313 e. The first-order valence-electron chi connectivity index (χ1n) is 7.09. The van der Waals surface area contributed by atoms with E-state index < -0.39 is 2.14 Å². The molecular formula is C16H20Br4O2. The fourth-order valence-electron chi connectivity index (χ4n) is 2.49. The van der Waals surface area contributed by atoms with Gasteiger partial charge in [-0.05, 0) is 36.0 Å². The Morgan fingerprint density at radius 1 is 1.14 bits per heavy atom. The van der Waals surface area contributed by atoms with E-state index >= 15 is 0 Å². The van der Waals surface area contributed by atoms with E-state index in [0.29, 0.717) is 5.92 Å². The molecule has 0 amide bonds. The molecule has 0 aliphatic carbocycles. The lowest BCUT2D eigenvalue weighted by molar-refractivity contribution is -0.146. The number of hydrogen-bond acceptors (Lipinski definition) is 2. The third-order valence-corrected chi connectivity index (χ3v) is 4.49. The van der Waals surface area contributed by atoms with Gasteiger partial charge in [0.2, 0.25) is 0 Å². The minimum Gasteiger partial charge on any atom is -0.462 e. The average Bonchev–Trinajstić information content (AvgIpc) is 2.37. The van der Waals surface area contributed by atoms with Crippen LogP contribution in [0.3, 0.4) is 0 Å². The highest BCUT2D eigenvalue weighted by Crippen LogP contribution is 2.36. The van der Waals surface area contributed by atoms with Crippen LogP contribution in [0.1, 0.15) is 38.7 Å². The lowest BCUT2D eigenvalue weighted by Crippen LogP contribution is -2.26. The Bertz CT molecular complexity index is 480. The number of ether oxygens (including phenoxy) is 1. The molecule has 0 aromatic heterocycles. The van der Waals surface area contributed by atoms with Crippen LogP contribution in [0.4, 0.5) is 0 Å². The van der Waals surface area contributed by atoms with E-state index in [1.807, 2.05) is 24.3 Å². The van der Waals surface area contributed by atoms with Crippen LogP contribution in [0.2, 0.25) is 0 Å². The van der Waals surface area contributed by atoms with Crippen molar-refractivity contribution in [2.45, 2.75) is 35.3 Å². The van der Waals surface area contributed by atoms with E-state index in [2.05, 4.69) is 84.5 Å². The van der Waals surface area contributed by atoms with Gasteiger partial charge < -0.3 is 4.74 Å².